The van der Waals surface area contributed by atoms with Gasteiger partial charge in [0, 0.05) is 16.8 Å². The van der Waals surface area contributed by atoms with E-state index in [9.17, 15) is 4.79 Å². The highest BCUT2D eigenvalue weighted by molar-refractivity contribution is 7.99. The van der Waals surface area contributed by atoms with E-state index in [-0.39, 0.29) is 11.9 Å². The summed E-state index contributed by atoms with van der Waals surface area (Å²) in [5.74, 6) is 1.19. The molecule has 1 aliphatic rings. The number of aryl methyl sites for hydroxylation is 1. The third-order valence-corrected chi connectivity index (χ3v) is 7.29. The lowest BCUT2D eigenvalue weighted by molar-refractivity contribution is -0.131. The zero-order chi connectivity index (χ0) is 20.0. The van der Waals surface area contributed by atoms with E-state index in [2.05, 4.69) is 28.5 Å². The number of carbonyl (C=O) groups excluding carboxylic acids is 1. The Kier molecular flexibility index (Phi) is 4.75. The number of aromatic nitrogens is 4. The fraction of sp³-hybridized carbons (Fsp3) is 0.333. The van der Waals surface area contributed by atoms with Crippen LogP contribution < -0.4 is 0 Å². The maximum Gasteiger partial charge on any atom is 0.233 e. The van der Waals surface area contributed by atoms with Gasteiger partial charge in [0.1, 0.15) is 5.82 Å². The van der Waals surface area contributed by atoms with Crippen LogP contribution in [0.2, 0.25) is 0 Å². The fourth-order valence-electron chi connectivity index (χ4n) is 4.07. The maximum absolute atomic E-state index is 13.1. The van der Waals surface area contributed by atoms with Gasteiger partial charge in [-0.2, -0.15) is 4.52 Å². The molecule has 3 aromatic heterocycles. The molecule has 0 spiro atoms. The first kappa shape index (κ1) is 18.6. The smallest absolute Gasteiger partial charge is 0.233 e. The summed E-state index contributed by atoms with van der Waals surface area (Å²) in [6.07, 6.45) is 1.88. The molecular formula is C21H21N5OS2. The molecule has 1 aromatic carbocycles. The first-order valence-electron chi connectivity index (χ1n) is 9.76. The zero-order valence-electron chi connectivity index (χ0n) is 16.3. The lowest BCUT2D eigenvalue weighted by Gasteiger charge is -2.35. The van der Waals surface area contributed by atoms with Gasteiger partial charge in [0.2, 0.25) is 5.91 Å². The zero-order valence-corrected chi connectivity index (χ0v) is 18.0. The molecule has 6 nitrogen and oxygen atoms in total. The highest BCUT2D eigenvalue weighted by Gasteiger charge is 2.30. The highest BCUT2D eigenvalue weighted by Crippen LogP contribution is 2.35. The first-order valence-corrected chi connectivity index (χ1v) is 11.6. The molecule has 4 heterocycles. The second-order valence-corrected chi connectivity index (χ2v) is 9.10. The molecule has 29 heavy (non-hydrogen) atoms. The Labute approximate surface area is 177 Å². The molecule has 4 aromatic rings. The van der Waals surface area contributed by atoms with Crippen LogP contribution in [0.15, 0.2) is 40.9 Å². The Morgan fingerprint density at radius 1 is 1.28 bits per heavy atom. The van der Waals surface area contributed by atoms with Gasteiger partial charge >= 0.3 is 0 Å². The van der Waals surface area contributed by atoms with Crippen LogP contribution in [0.5, 0.6) is 0 Å². The predicted octanol–water partition coefficient (Wildman–Crippen LogP) is 4.28. The summed E-state index contributed by atoms with van der Waals surface area (Å²) in [5.41, 5.74) is 2.98. The Morgan fingerprint density at radius 3 is 3.00 bits per heavy atom. The summed E-state index contributed by atoms with van der Waals surface area (Å²) in [6, 6.07) is 10.3. The SMILES string of the molecule is CCC1c2ccsc2CCN1C(=O)CSc1nc2ccccc2c2nc(C)nn12. The van der Waals surface area contributed by atoms with Crippen LogP contribution in [0, 0.1) is 6.92 Å². The maximum atomic E-state index is 13.1. The molecule has 1 amide bonds. The number of thioether (sulfide) groups is 1. The van der Waals surface area contributed by atoms with Gasteiger partial charge in [-0.25, -0.2) is 9.97 Å². The Bertz CT molecular complexity index is 1210. The summed E-state index contributed by atoms with van der Waals surface area (Å²) in [7, 11) is 0. The van der Waals surface area contributed by atoms with Crippen molar-refractivity contribution in [1.29, 1.82) is 0 Å². The average molecular weight is 424 g/mol. The van der Waals surface area contributed by atoms with Crippen LogP contribution in [-0.4, -0.2) is 42.7 Å². The van der Waals surface area contributed by atoms with Crippen molar-refractivity contribution >= 4 is 45.6 Å². The monoisotopic (exact) mass is 423 g/mol. The third-order valence-electron chi connectivity index (χ3n) is 5.38. The van der Waals surface area contributed by atoms with E-state index in [1.165, 1.54) is 22.2 Å². The van der Waals surface area contributed by atoms with E-state index in [0.717, 1.165) is 35.9 Å². The van der Waals surface area contributed by atoms with Crippen LogP contribution >= 0.6 is 23.1 Å². The third kappa shape index (κ3) is 3.20. The van der Waals surface area contributed by atoms with Crippen molar-refractivity contribution in [3.8, 4) is 0 Å². The van der Waals surface area contributed by atoms with Gasteiger partial charge < -0.3 is 4.90 Å². The molecule has 1 unspecified atom stereocenters. The van der Waals surface area contributed by atoms with Crippen molar-refractivity contribution < 1.29 is 4.79 Å². The number of nitrogens with zero attached hydrogens (tertiary/aromatic N) is 5. The number of para-hydroxylation sites is 1. The molecule has 0 aliphatic carbocycles. The Morgan fingerprint density at radius 2 is 2.14 bits per heavy atom. The van der Waals surface area contributed by atoms with Crippen molar-refractivity contribution in [3.63, 3.8) is 0 Å². The summed E-state index contributed by atoms with van der Waals surface area (Å²) >= 11 is 3.24. The average Bonchev–Trinajstić information content (AvgIpc) is 3.37. The largest absolute Gasteiger partial charge is 0.335 e. The van der Waals surface area contributed by atoms with Crippen LogP contribution in [0.3, 0.4) is 0 Å². The second-order valence-electron chi connectivity index (χ2n) is 7.15. The number of hydrogen-bond acceptors (Lipinski definition) is 6. The van der Waals surface area contributed by atoms with Crippen molar-refractivity contribution in [2.45, 2.75) is 37.9 Å². The van der Waals surface area contributed by atoms with Crippen molar-refractivity contribution in [2.24, 2.45) is 0 Å². The predicted molar refractivity (Wildman–Crippen MR) is 117 cm³/mol. The number of benzene rings is 1. The Hall–Kier alpha value is -2.45. The lowest BCUT2D eigenvalue weighted by Crippen LogP contribution is -2.40. The fourth-order valence-corrected chi connectivity index (χ4v) is 5.83. The highest BCUT2D eigenvalue weighted by atomic mass is 32.2. The number of fused-ring (bicyclic) bond motifs is 4. The molecule has 148 valence electrons. The van der Waals surface area contributed by atoms with Gasteiger partial charge in [0.05, 0.1) is 17.3 Å². The van der Waals surface area contributed by atoms with Crippen LogP contribution in [0.25, 0.3) is 16.6 Å². The van der Waals surface area contributed by atoms with E-state index >= 15 is 0 Å². The number of rotatable bonds is 4. The van der Waals surface area contributed by atoms with Crippen molar-refractivity contribution in [3.05, 3.63) is 52.0 Å². The van der Waals surface area contributed by atoms with E-state index in [1.54, 1.807) is 15.9 Å². The first-order chi connectivity index (χ1) is 14.2. The molecule has 0 saturated carbocycles. The molecule has 8 heteroatoms. The number of carbonyl (C=O) groups is 1. The minimum atomic E-state index is 0.152. The molecule has 0 fully saturated rings. The van der Waals surface area contributed by atoms with Gasteiger partial charge in [-0.15, -0.1) is 16.4 Å². The second kappa shape index (κ2) is 7.42. The summed E-state index contributed by atoms with van der Waals surface area (Å²) in [4.78, 5) is 25.9. The molecule has 0 radical (unpaired) electrons. The van der Waals surface area contributed by atoms with Crippen LogP contribution in [0.4, 0.5) is 0 Å². The molecule has 0 saturated heterocycles. The lowest BCUT2D eigenvalue weighted by atomic mass is 9.98. The summed E-state index contributed by atoms with van der Waals surface area (Å²) in [5, 5.41) is 8.32. The van der Waals surface area contributed by atoms with Crippen molar-refractivity contribution in [1.82, 2.24) is 24.5 Å². The Balaban J connectivity index is 1.42. The molecular weight excluding hydrogens is 402 g/mol. The van der Waals surface area contributed by atoms with Crippen LogP contribution in [0.1, 0.15) is 35.7 Å². The minimum absolute atomic E-state index is 0.152. The number of hydrogen-bond donors (Lipinski definition) is 0. The quantitative estimate of drug-likeness (QED) is 0.362. The van der Waals surface area contributed by atoms with E-state index in [0.29, 0.717) is 16.7 Å². The topological polar surface area (TPSA) is 63.4 Å². The van der Waals surface area contributed by atoms with Crippen molar-refractivity contribution in [2.75, 3.05) is 12.3 Å². The molecule has 0 bridgehead atoms. The molecule has 1 aliphatic heterocycles. The van der Waals surface area contributed by atoms with Gasteiger partial charge in [0.25, 0.3) is 0 Å². The minimum Gasteiger partial charge on any atom is -0.335 e. The van der Waals surface area contributed by atoms with E-state index in [1.807, 2.05) is 36.1 Å². The van der Waals surface area contributed by atoms with E-state index < -0.39 is 0 Å². The van der Waals surface area contributed by atoms with Gasteiger partial charge in [-0.05, 0) is 48.9 Å². The summed E-state index contributed by atoms with van der Waals surface area (Å²) in [6.45, 7) is 4.81. The van der Waals surface area contributed by atoms with Crippen LogP contribution in [-0.2, 0) is 11.2 Å². The normalized spacial score (nSPS) is 16.5. The molecule has 5 rings (SSSR count). The number of amides is 1. The van der Waals surface area contributed by atoms with Gasteiger partial charge in [-0.3, -0.25) is 4.79 Å². The summed E-state index contributed by atoms with van der Waals surface area (Å²) < 4.78 is 1.76. The van der Waals surface area contributed by atoms with E-state index in [4.69, 9.17) is 4.98 Å². The number of thiophene rings is 1. The van der Waals surface area contributed by atoms with Gasteiger partial charge in [0.15, 0.2) is 10.8 Å². The standard InChI is InChI=1S/C21H21N5OS2/c1-3-17-15-9-11-28-18(15)8-10-25(17)19(27)12-29-21-23-16-7-5-4-6-14(16)20-22-13(2)24-26(20)21/h4-7,9,11,17H,3,8,10,12H2,1-2H3. The molecule has 0 N–H and O–H groups in total. The van der Waals surface area contributed by atoms with Gasteiger partial charge in [-0.1, -0.05) is 30.8 Å². The molecule has 1 atom stereocenters.